The first-order valence-electron chi connectivity index (χ1n) is 4.98. The summed E-state index contributed by atoms with van der Waals surface area (Å²) in [5.41, 5.74) is 0.779. The van der Waals surface area contributed by atoms with Gasteiger partial charge >= 0.3 is 0 Å². The highest BCUT2D eigenvalue weighted by Gasteiger charge is 2.13. The van der Waals surface area contributed by atoms with Crippen molar-refractivity contribution in [3.63, 3.8) is 0 Å². The van der Waals surface area contributed by atoms with Crippen molar-refractivity contribution >= 4 is 10.1 Å². The van der Waals surface area contributed by atoms with Crippen molar-refractivity contribution in [2.24, 2.45) is 0 Å². The molecule has 0 amide bonds. The van der Waals surface area contributed by atoms with Crippen LogP contribution in [0.4, 0.5) is 0 Å². The molecule has 0 bridgehead atoms. The van der Waals surface area contributed by atoms with E-state index in [0.717, 1.165) is 12.1 Å². The number of hydrogen-bond acceptors (Lipinski definition) is 4. The van der Waals surface area contributed by atoms with E-state index in [2.05, 4.69) is 0 Å². The molecule has 6 heteroatoms. The second kappa shape index (κ2) is 4.32. The van der Waals surface area contributed by atoms with Crippen molar-refractivity contribution in [3.05, 3.63) is 42.5 Å². The van der Waals surface area contributed by atoms with Crippen LogP contribution < -0.4 is 0 Å². The molecule has 0 saturated heterocycles. The molecule has 0 spiro atoms. The highest BCUT2D eigenvalue weighted by atomic mass is 32.2. The largest absolute Gasteiger partial charge is 0.508 e. The molecule has 5 nitrogen and oxygen atoms in total. The van der Waals surface area contributed by atoms with E-state index in [4.69, 9.17) is 9.66 Å². The normalized spacial score (nSPS) is 11.4. The summed E-state index contributed by atoms with van der Waals surface area (Å²) >= 11 is 0. The number of phenolic OH excluding ortho intramolecular Hbond substituents is 2. The quantitative estimate of drug-likeness (QED) is 0.723. The maximum Gasteiger partial charge on any atom is 0.294 e. The fourth-order valence-corrected chi connectivity index (χ4v) is 2.05. The van der Waals surface area contributed by atoms with E-state index in [1.165, 1.54) is 30.3 Å². The van der Waals surface area contributed by atoms with Crippen molar-refractivity contribution < 1.29 is 23.2 Å². The fraction of sp³-hybridized carbons (Fsp3) is 0. The van der Waals surface area contributed by atoms with Gasteiger partial charge in [0.25, 0.3) is 10.1 Å². The second-order valence-corrected chi connectivity index (χ2v) is 5.12. The van der Waals surface area contributed by atoms with Crippen molar-refractivity contribution in [2.45, 2.75) is 4.90 Å². The number of benzene rings is 2. The van der Waals surface area contributed by atoms with E-state index in [-0.39, 0.29) is 22.0 Å². The average Bonchev–Trinajstić information content (AvgIpc) is 2.29. The minimum atomic E-state index is -4.32. The third-order valence-corrected chi connectivity index (χ3v) is 3.29. The molecule has 0 aliphatic carbocycles. The Morgan fingerprint density at radius 2 is 1.50 bits per heavy atom. The Labute approximate surface area is 104 Å². The van der Waals surface area contributed by atoms with Crippen LogP contribution in [0.15, 0.2) is 47.4 Å². The van der Waals surface area contributed by atoms with Crippen LogP contribution in [0.2, 0.25) is 0 Å². The lowest BCUT2D eigenvalue weighted by Crippen LogP contribution is -1.98. The molecule has 94 valence electrons. The lowest BCUT2D eigenvalue weighted by Gasteiger charge is -2.06. The summed E-state index contributed by atoms with van der Waals surface area (Å²) in [7, 11) is -4.32. The Hall–Kier alpha value is -2.05. The molecule has 2 rings (SSSR count). The van der Waals surface area contributed by atoms with Crippen LogP contribution in [0.25, 0.3) is 11.1 Å². The molecular formula is C12H10O5S. The first-order chi connectivity index (χ1) is 8.38. The first kappa shape index (κ1) is 12.4. The van der Waals surface area contributed by atoms with Crippen LogP contribution in [0.3, 0.4) is 0 Å². The van der Waals surface area contributed by atoms with Crippen LogP contribution >= 0.6 is 0 Å². The third-order valence-electron chi connectivity index (χ3n) is 2.44. The molecule has 0 heterocycles. The summed E-state index contributed by atoms with van der Waals surface area (Å²) in [6.07, 6.45) is 0. The lowest BCUT2D eigenvalue weighted by molar-refractivity contribution is 0.472. The van der Waals surface area contributed by atoms with Crippen LogP contribution in [-0.4, -0.2) is 23.2 Å². The van der Waals surface area contributed by atoms with E-state index in [9.17, 15) is 13.5 Å². The molecule has 0 saturated carbocycles. The monoisotopic (exact) mass is 266 g/mol. The van der Waals surface area contributed by atoms with Gasteiger partial charge in [0.05, 0.1) is 4.90 Å². The standard InChI is InChI=1S/C12H10O5S/c13-9-3-1-8(2-4-9)11-7-10(18(15,16)17)5-6-12(11)14/h1-7,13-14H,(H,15,16,17). The second-order valence-electron chi connectivity index (χ2n) is 3.70. The van der Waals surface area contributed by atoms with Crippen molar-refractivity contribution in [3.8, 4) is 22.6 Å². The predicted octanol–water partition coefficient (Wildman–Crippen LogP) is 2.01. The molecule has 0 fully saturated rings. The fourth-order valence-electron chi connectivity index (χ4n) is 1.55. The van der Waals surface area contributed by atoms with Crippen LogP contribution in [0.1, 0.15) is 0 Å². The third kappa shape index (κ3) is 2.44. The first-order valence-corrected chi connectivity index (χ1v) is 6.42. The predicted molar refractivity (Wildman–Crippen MR) is 65.0 cm³/mol. The molecule has 0 aromatic heterocycles. The summed E-state index contributed by atoms with van der Waals surface area (Å²) in [6.45, 7) is 0. The molecule has 0 unspecified atom stereocenters. The molecule has 2 aromatic carbocycles. The lowest BCUT2D eigenvalue weighted by atomic mass is 10.0. The minimum Gasteiger partial charge on any atom is -0.508 e. The molecular weight excluding hydrogens is 256 g/mol. The van der Waals surface area contributed by atoms with Gasteiger partial charge in [-0.15, -0.1) is 0 Å². The number of phenols is 2. The van der Waals surface area contributed by atoms with E-state index < -0.39 is 10.1 Å². The van der Waals surface area contributed by atoms with Gasteiger partial charge in [-0.1, -0.05) is 12.1 Å². The Balaban J connectivity index is 2.60. The van der Waals surface area contributed by atoms with E-state index in [1.807, 2.05) is 0 Å². The molecule has 3 N–H and O–H groups in total. The molecule has 0 atom stereocenters. The van der Waals surface area contributed by atoms with E-state index in [0.29, 0.717) is 5.56 Å². The summed E-state index contributed by atoms with van der Waals surface area (Å²) in [6, 6.07) is 9.33. The van der Waals surface area contributed by atoms with Crippen molar-refractivity contribution in [2.75, 3.05) is 0 Å². The van der Waals surface area contributed by atoms with Crippen molar-refractivity contribution in [1.29, 1.82) is 0 Å². The molecule has 0 aliphatic rings. The molecule has 0 aliphatic heterocycles. The van der Waals surface area contributed by atoms with Gasteiger partial charge in [0.15, 0.2) is 0 Å². The zero-order valence-corrected chi connectivity index (χ0v) is 9.92. The van der Waals surface area contributed by atoms with Gasteiger partial charge in [-0.25, -0.2) is 0 Å². The van der Waals surface area contributed by atoms with Crippen LogP contribution in [-0.2, 0) is 10.1 Å². The smallest absolute Gasteiger partial charge is 0.294 e. The number of rotatable bonds is 2. The summed E-state index contributed by atoms with van der Waals surface area (Å²) in [5, 5.41) is 18.8. The zero-order chi connectivity index (χ0) is 13.3. The zero-order valence-electron chi connectivity index (χ0n) is 9.11. The van der Waals surface area contributed by atoms with Gasteiger partial charge in [-0.05, 0) is 35.9 Å². The van der Waals surface area contributed by atoms with Gasteiger partial charge in [0.1, 0.15) is 11.5 Å². The number of hydrogen-bond donors (Lipinski definition) is 3. The maximum absolute atomic E-state index is 11.0. The highest BCUT2D eigenvalue weighted by Crippen LogP contribution is 2.32. The van der Waals surface area contributed by atoms with E-state index >= 15 is 0 Å². The Bertz CT molecular complexity index is 674. The Morgan fingerprint density at radius 1 is 0.889 bits per heavy atom. The van der Waals surface area contributed by atoms with Crippen LogP contribution in [0.5, 0.6) is 11.5 Å². The SMILES string of the molecule is O=S(=O)(O)c1ccc(O)c(-c2ccc(O)cc2)c1. The van der Waals surface area contributed by atoms with Gasteiger partial charge < -0.3 is 10.2 Å². The molecule has 18 heavy (non-hydrogen) atoms. The van der Waals surface area contributed by atoms with Gasteiger partial charge in [0.2, 0.25) is 0 Å². The summed E-state index contributed by atoms with van der Waals surface area (Å²) in [4.78, 5) is -0.302. The van der Waals surface area contributed by atoms with Crippen LogP contribution in [0, 0.1) is 0 Å². The van der Waals surface area contributed by atoms with Gasteiger partial charge in [-0.2, -0.15) is 8.42 Å². The maximum atomic E-state index is 11.0. The Kier molecular flexibility index (Phi) is 2.98. The average molecular weight is 266 g/mol. The molecule has 0 radical (unpaired) electrons. The number of aromatic hydroxyl groups is 2. The summed E-state index contributed by atoms with van der Waals surface area (Å²) in [5.74, 6) is -0.0581. The van der Waals surface area contributed by atoms with Gasteiger partial charge in [-0.3, -0.25) is 4.55 Å². The van der Waals surface area contributed by atoms with Gasteiger partial charge in [0, 0.05) is 5.56 Å². The van der Waals surface area contributed by atoms with Crippen molar-refractivity contribution in [1.82, 2.24) is 0 Å². The summed E-state index contributed by atoms with van der Waals surface area (Å²) < 4.78 is 31.0. The topological polar surface area (TPSA) is 94.8 Å². The minimum absolute atomic E-state index is 0.0594. The highest BCUT2D eigenvalue weighted by molar-refractivity contribution is 7.85. The Morgan fingerprint density at radius 3 is 2.06 bits per heavy atom. The molecule has 2 aromatic rings. The van der Waals surface area contributed by atoms with E-state index in [1.54, 1.807) is 0 Å².